The Balaban J connectivity index is 2.26. The highest BCUT2D eigenvalue weighted by atomic mass is 16.5. The van der Waals surface area contributed by atoms with E-state index in [0.717, 1.165) is 24.8 Å². The molecule has 0 aromatic rings. The van der Waals surface area contributed by atoms with Crippen LogP contribution in [0.4, 0.5) is 0 Å². The van der Waals surface area contributed by atoms with Gasteiger partial charge in [0.05, 0.1) is 0 Å². The summed E-state index contributed by atoms with van der Waals surface area (Å²) in [6.45, 7) is 10.3. The molecule has 0 bridgehead atoms. The third-order valence-corrected chi connectivity index (χ3v) is 3.68. The molecule has 0 fully saturated rings. The largest absolute Gasteiger partial charge is 0.461 e. The molecule has 2 nitrogen and oxygen atoms in total. The summed E-state index contributed by atoms with van der Waals surface area (Å²) in [6, 6.07) is 0. The molecule has 0 spiro atoms. The molecule has 19 heavy (non-hydrogen) atoms. The number of rotatable bonds is 6. The Bertz CT molecular complexity index is 388. The van der Waals surface area contributed by atoms with Gasteiger partial charge in [-0.25, -0.2) is 0 Å². The molecule has 1 atom stereocenters. The molecule has 0 N–H and O–H groups in total. The Morgan fingerprint density at radius 3 is 2.84 bits per heavy atom. The number of hydrogen-bond acceptors (Lipinski definition) is 2. The topological polar surface area (TPSA) is 26.3 Å². The highest BCUT2D eigenvalue weighted by Crippen LogP contribution is 2.30. The van der Waals surface area contributed by atoms with Gasteiger partial charge in [0.25, 0.3) is 0 Å². The normalized spacial score (nSPS) is 19.8. The Morgan fingerprint density at radius 2 is 2.26 bits per heavy atom. The highest BCUT2D eigenvalue weighted by Gasteiger charge is 2.14. The number of hydrogen-bond donors (Lipinski definition) is 0. The van der Waals surface area contributed by atoms with Crippen molar-refractivity contribution in [3.8, 4) is 0 Å². The van der Waals surface area contributed by atoms with E-state index in [1.165, 1.54) is 30.9 Å². The second-order valence-corrected chi connectivity index (χ2v) is 5.55. The van der Waals surface area contributed by atoms with Crippen LogP contribution in [0.5, 0.6) is 0 Å². The molecule has 1 aliphatic carbocycles. The molecule has 1 rings (SSSR count). The van der Waals surface area contributed by atoms with Crippen LogP contribution in [0.3, 0.4) is 0 Å². The van der Waals surface area contributed by atoms with E-state index in [2.05, 4.69) is 25.7 Å². The number of carbonyl (C=O) groups excluding carboxylic acids is 1. The first kappa shape index (κ1) is 15.7. The van der Waals surface area contributed by atoms with Crippen molar-refractivity contribution in [2.75, 3.05) is 6.61 Å². The van der Waals surface area contributed by atoms with Crippen LogP contribution in [0, 0.1) is 5.92 Å². The maximum Gasteiger partial charge on any atom is 0.302 e. The van der Waals surface area contributed by atoms with Crippen molar-refractivity contribution in [1.82, 2.24) is 0 Å². The smallest absolute Gasteiger partial charge is 0.302 e. The summed E-state index contributed by atoms with van der Waals surface area (Å²) in [4.78, 5) is 10.7. The average molecular weight is 262 g/mol. The fourth-order valence-electron chi connectivity index (χ4n) is 2.32. The summed E-state index contributed by atoms with van der Waals surface area (Å²) in [5.74, 6) is 0.437. The van der Waals surface area contributed by atoms with Crippen LogP contribution in [0.1, 0.15) is 52.9 Å². The van der Waals surface area contributed by atoms with Gasteiger partial charge in [-0.2, -0.15) is 0 Å². The van der Waals surface area contributed by atoms with Crippen LogP contribution in [-0.4, -0.2) is 12.6 Å². The molecule has 0 aromatic heterocycles. The van der Waals surface area contributed by atoms with Crippen molar-refractivity contribution in [2.24, 2.45) is 5.92 Å². The molecule has 106 valence electrons. The summed E-state index contributed by atoms with van der Waals surface area (Å²) in [5.41, 5.74) is 3.99. The van der Waals surface area contributed by atoms with Crippen molar-refractivity contribution in [3.63, 3.8) is 0 Å². The minimum atomic E-state index is -0.221. The summed E-state index contributed by atoms with van der Waals surface area (Å²) >= 11 is 0. The molecule has 1 aliphatic rings. The molecular weight excluding hydrogens is 236 g/mol. The van der Waals surface area contributed by atoms with E-state index >= 15 is 0 Å². The standard InChI is InChI=1S/C17H26O2/c1-13-8-10-17(11-9-13)15(3)7-5-6-14(2)12-19-16(4)18/h6,8,17H,3,5,7,9-12H2,1-2,4H3/b14-6-/t17-/m0/s1. The molecule has 0 unspecified atom stereocenters. The average Bonchev–Trinajstić information content (AvgIpc) is 2.37. The van der Waals surface area contributed by atoms with Crippen LogP contribution in [0.2, 0.25) is 0 Å². The third-order valence-electron chi connectivity index (χ3n) is 3.68. The lowest BCUT2D eigenvalue weighted by Crippen LogP contribution is -2.07. The monoisotopic (exact) mass is 262 g/mol. The van der Waals surface area contributed by atoms with Gasteiger partial charge in [0.2, 0.25) is 0 Å². The number of ether oxygens (including phenoxy) is 1. The SMILES string of the molecule is C=C(CC/C=C(/C)COC(C)=O)[C@H]1CC=C(C)CC1. The maximum atomic E-state index is 10.7. The molecular formula is C17H26O2. The highest BCUT2D eigenvalue weighted by molar-refractivity contribution is 5.66. The molecule has 0 aliphatic heterocycles. The zero-order valence-corrected chi connectivity index (χ0v) is 12.5. The van der Waals surface area contributed by atoms with Crippen LogP contribution < -0.4 is 0 Å². The molecule has 0 amide bonds. The number of allylic oxidation sites excluding steroid dienone is 4. The lowest BCUT2D eigenvalue weighted by molar-refractivity contribution is -0.139. The van der Waals surface area contributed by atoms with Gasteiger partial charge in [-0.15, -0.1) is 0 Å². The van der Waals surface area contributed by atoms with Gasteiger partial charge >= 0.3 is 5.97 Å². The first-order valence-corrected chi connectivity index (χ1v) is 7.11. The van der Waals surface area contributed by atoms with Gasteiger partial charge in [-0.05, 0) is 57.4 Å². The first-order chi connectivity index (χ1) is 8.99. The van der Waals surface area contributed by atoms with E-state index in [-0.39, 0.29) is 5.97 Å². The minimum Gasteiger partial charge on any atom is -0.461 e. The fraction of sp³-hybridized carbons (Fsp3) is 0.588. The second kappa shape index (κ2) is 7.98. The maximum absolute atomic E-state index is 10.7. The van der Waals surface area contributed by atoms with Crippen molar-refractivity contribution in [2.45, 2.75) is 52.9 Å². The van der Waals surface area contributed by atoms with E-state index in [4.69, 9.17) is 4.74 Å². The minimum absolute atomic E-state index is 0.221. The van der Waals surface area contributed by atoms with Crippen LogP contribution in [0.25, 0.3) is 0 Å². The Labute approximate surface area is 117 Å². The summed E-state index contributed by atoms with van der Waals surface area (Å²) < 4.78 is 4.95. The second-order valence-electron chi connectivity index (χ2n) is 5.55. The van der Waals surface area contributed by atoms with Gasteiger partial charge in [0.1, 0.15) is 6.61 Å². The Morgan fingerprint density at radius 1 is 1.53 bits per heavy atom. The van der Waals surface area contributed by atoms with Crippen molar-refractivity contribution >= 4 is 5.97 Å². The molecule has 0 saturated heterocycles. The van der Waals surface area contributed by atoms with E-state index in [1.54, 1.807) is 0 Å². The van der Waals surface area contributed by atoms with Gasteiger partial charge in [-0.1, -0.05) is 29.9 Å². The quantitative estimate of drug-likeness (QED) is 0.517. The van der Waals surface area contributed by atoms with Crippen molar-refractivity contribution in [3.05, 3.63) is 35.5 Å². The first-order valence-electron chi connectivity index (χ1n) is 7.11. The summed E-state index contributed by atoms with van der Waals surface area (Å²) in [5, 5.41) is 0. The number of carbonyl (C=O) groups is 1. The van der Waals surface area contributed by atoms with E-state index in [0.29, 0.717) is 12.5 Å². The lowest BCUT2D eigenvalue weighted by Gasteiger charge is -2.22. The van der Waals surface area contributed by atoms with E-state index in [9.17, 15) is 4.79 Å². The van der Waals surface area contributed by atoms with Gasteiger partial charge in [0.15, 0.2) is 0 Å². The van der Waals surface area contributed by atoms with E-state index < -0.39 is 0 Å². The van der Waals surface area contributed by atoms with E-state index in [1.807, 2.05) is 6.92 Å². The predicted molar refractivity (Wildman–Crippen MR) is 79.9 cm³/mol. The lowest BCUT2D eigenvalue weighted by atomic mass is 9.84. The van der Waals surface area contributed by atoms with Crippen molar-refractivity contribution in [1.29, 1.82) is 0 Å². The molecule has 0 heterocycles. The number of esters is 1. The predicted octanol–water partition coefficient (Wildman–Crippen LogP) is 4.58. The van der Waals surface area contributed by atoms with Crippen LogP contribution >= 0.6 is 0 Å². The Kier molecular flexibility index (Phi) is 6.61. The van der Waals surface area contributed by atoms with Crippen molar-refractivity contribution < 1.29 is 9.53 Å². The molecule has 0 radical (unpaired) electrons. The Hall–Kier alpha value is -1.31. The van der Waals surface area contributed by atoms with Gasteiger partial charge < -0.3 is 4.74 Å². The van der Waals surface area contributed by atoms with Gasteiger partial charge in [-0.3, -0.25) is 4.79 Å². The third kappa shape index (κ3) is 6.42. The zero-order chi connectivity index (χ0) is 14.3. The summed E-state index contributed by atoms with van der Waals surface area (Å²) in [7, 11) is 0. The zero-order valence-electron chi connectivity index (χ0n) is 12.5. The fourth-order valence-corrected chi connectivity index (χ4v) is 2.32. The van der Waals surface area contributed by atoms with Gasteiger partial charge in [0, 0.05) is 6.92 Å². The molecule has 0 saturated carbocycles. The molecule has 2 heteroatoms. The van der Waals surface area contributed by atoms with Crippen LogP contribution in [0.15, 0.2) is 35.5 Å². The molecule has 0 aromatic carbocycles. The summed E-state index contributed by atoms with van der Waals surface area (Å²) in [6.07, 6.45) is 10.1. The van der Waals surface area contributed by atoms with Crippen LogP contribution in [-0.2, 0) is 9.53 Å².